The highest BCUT2D eigenvalue weighted by Crippen LogP contribution is 2.29. The molecule has 0 N–H and O–H groups in total. The number of fused-ring (bicyclic) bond motifs is 1. The molecule has 4 aliphatic carbocycles. The molecule has 1 atom stereocenters. The first-order valence-corrected chi connectivity index (χ1v) is 10.7. The molecule has 0 saturated heterocycles. The van der Waals surface area contributed by atoms with Crippen LogP contribution in [0.25, 0.3) is 5.69 Å². The molecule has 3 aromatic rings. The van der Waals surface area contributed by atoms with Gasteiger partial charge in [0.1, 0.15) is 18.3 Å². The van der Waals surface area contributed by atoms with Crippen molar-refractivity contribution in [2.45, 2.75) is 59.1 Å². The lowest BCUT2D eigenvalue weighted by atomic mass is 9.86. The Labute approximate surface area is 173 Å². The Morgan fingerprint density at radius 3 is 2.31 bits per heavy atom. The van der Waals surface area contributed by atoms with Crippen molar-refractivity contribution in [2.75, 3.05) is 6.61 Å². The number of benzene rings is 2. The molecular weight excluding hydrogens is 358 g/mol. The van der Waals surface area contributed by atoms with E-state index in [-0.39, 0.29) is 5.41 Å². The summed E-state index contributed by atoms with van der Waals surface area (Å²) in [5.41, 5.74) is 6.88. The van der Waals surface area contributed by atoms with Crippen LogP contribution in [-0.2, 0) is 37.0 Å². The van der Waals surface area contributed by atoms with Gasteiger partial charge in [0, 0.05) is 5.10 Å². The zero-order valence-corrected chi connectivity index (χ0v) is 17.7. The number of aryl methyl sites for hydroxylation is 4. The highest BCUT2D eigenvalue weighted by Gasteiger charge is 2.37. The lowest BCUT2D eigenvalue weighted by Crippen LogP contribution is -2.53. The van der Waals surface area contributed by atoms with Gasteiger partial charge in [-0.15, -0.1) is 0 Å². The second kappa shape index (κ2) is 7.10. The maximum Gasteiger partial charge on any atom is 0.304 e. The number of rotatable bonds is 1. The number of nitrogens with zero attached hydrogens (tertiary/aromatic N) is 3. The summed E-state index contributed by atoms with van der Waals surface area (Å²) in [4.78, 5) is 0. The summed E-state index contributed by atoms with van der Waals surface area (Å²) in [6, 6.07) is 16.4. The molecule has 1 aromatic heterocycles. The molecule has 1 aliphatic heterocycles. The monoisotopic (exact) mass is 388 g/mol. The van der Waals surface area contributed by atoms with Gasteiger partial charge in [0.05, 0.1) is 6.61 Å². The van der Waals surface area contributed by atoms with Crippen LogP contribution in [0.4, 0.5) is 0 Å². The van der Waals surface area contributed by atoms with Gasteiger partial charge in [-0.2, -0.15) is 0 Å². The SMILES string of the molecule is CC(C)(C)[C@H]1COCc2nn(-c3cc4ccc3CCc3ccc(cc3)CC4)c[n+]21. The molecule has 4 nitrogen and oxygen atoms in total. The van der Waals surface area contributed by atoms with E-state index in [0.717, 1.165) is 38.1 Å². The van der Waals surface area contributed by atoms with Crippen molar-refractivity contribution in [3.05, 3.63) is 76.9 Å². The van der Waals surface area contributed by atoms with E-state index >= 15 is 0 Å². The largest absolute Gasteiger partial charge is 0.367 e. The summed E-state index contributed by atoms with van der Waals surface area (Å²) in [6.07, 6.45) is 6.38. The fourth-order valence-corrected chi connectivity index (χ4v) is 4.51. The average molecular weight is 389 g/mol. The van der Waals surface area contributed by atoms with E-state index in [0.29, 0.717) is 12.6 Å². The third kappa shape index (κ3) is 3.62. The van der Waals surface area contributed by atoms with Crippen LogP contribution in [0.3, 0.4) is 0 Å². The van der Waals surface area contributed by atoms with Crippen molar-refractivity contribution < 1.29 is 9.30 Å². The Balaban J connectivity index is 1.56. The van der Waals surface area contributed by atoms with Crippen LogP contribution >= 0.6 is 0 Å². The lowest BCUT2D eigenvalue weighted by molar-refractivity contribution is -0.755. The molecule has 2 heterocycles. The Bertz CT molecular complexity index is 1030. The van der Waals surface area contributed by atoms with Crippen LogP contribution < -0.4 is 4.57 Å². The highest BCUT2D eigenvalue weighted by molar-refractivity contribution is 5.44. The number of ether oxygens (including phenoxy) is 1. The van der Waals surface area contributed by atoms with E-state index < -0.39 is 0 Å². The molecule has 8 rings (SSSR count). The molecule has 0 fully saturated rings. The third-order valence-electron chi connectivity index (χ3n) is 6.40. The van der Waals surface area contributed by atoms with E-state index in [9.17, 15) is 0 Å². The number of hydrogen-bond donors (Lipinski definition) is 0. The van der Waals surface area contributed by atoms with Gasteiger partial charge < -0.3 is 4.74 Å². The van der Waals surface area contributed by atoms with E-state index in [4.69, 9.17) is 9.84 Å². The minimum atomic E-state index is 0.126. The maximum atomic E-state index is 5.88. The standard InChI is InChI=1S/C25H30N3O/c1-25(2,3)23-15-29-16-24-26-28(17-27(23)24)22-14-20-9-8-18-4-6-19(7-5-18)10-12-21(22)13-11-20/h4-7,11,13-14,17,23H,8-10,12,15-16H2,1-3H3/q+1/t23-/m1/s1. The molecule has 0 spiro atoms. The van der Waals surface area contributed by atoms with E-state index in [1.165, 1.54) is 27.9 Å². The Morgan fingerprint density at radius 2 is 1.59 bits per heavy atom. The van der Waals surface area contributed by atoms with Crippen LogP contribution in [0.5, 0.6) is 0 Å². The van der Waals surface area contributed by atoms with Crippen molar-refractivity contribution in [3.8, 4) is 5.69 Å². The minimum absolute atomic E-state index is 0.126. The summed E-state index contributed by atoms with van der Waals surface area (Å²) in [5, 5.41) is 4.95. The molecule has 2 aromatic carbocycles. The van der Waals surface area contributed by atoms with Crippen molar-refractivity contribution in [2.24, 2.45) is 5.41 Å². The number of hydrogen-bond acceptors (Lipinski definition) is 2. The van der Waals surface area contributed by atoms with Gasteiger partial charge in [-0.05, 0) is 59.4 Å². The van der Waals surface area contributed by atoms with Crippen molar-refractivity contribution >= 4 is 0 Å². The summed E-state index contributed by atoms with van der Waals surface area (Å²) < 4.78 is 10.3. The predicted octanol–water partition coefficient (Wildman–Crippen LogP) is 4.16. The second-order valence-corrected chi connectivity index (χ2v) is 9.56. The lowest BCUT2D eigenvalue weighted by Gasteiger charge is -2.31. The van der Waals surface area contributed by atoms with Gasteiger partial charge in [-0.3, -0.25) is 0 Å². The van der Waals surface area contributed by atoms with E-state index in [1.807, 2.05) is 0 Å². The van der Waals surface area contributed by atoms with Gasteiger partial charge in [0.15, 0.2) is 0 Å². The molecule has 150 valence electrons. The first-order valence-electron chi connectivity index (χ1n) is 10.7. The summed E-state index contributed by atoms with van der Waals surface area (Å²) in [7, 11) is 0. The van der Waals surface area contributed by atoms with E-state index in [2.05, 4.69) is 78.8 Å². The molecule has 0 amide bonds. The number of aromatic nitrogens is 3. The van der Waals surface area contributed by atoms with Crippen molar-refractivity contribution in [1.29, 1.82) is 0 Å². The Hall–Kier alpha value is -2.46. The fourth-order valence-electron chi connectivity index (χ4n) is 4.51. The van der Waals surface area contributed by atoms with Gasteiger partial charge >= 0.3 is 5.82 Å². The van der Waals surface area contributed by atoms with Gasteiger partial charge in [-0.1, -0.05) is 61.9 Å². The molecule has 0 saturated carbocycles. The van der Waals surface area contributed by atoms with Crippen molar-refractivity contribution in [3.63, 3.8) is 0 Å². The van der Waals surface area contributed by atoms with Gasteiger partial charge in [-0.25, -0.2) is 4.57 Å². The van der Waals surface area contributed by atoms with Crippen LogP contribution in [0.2, 0.25) is 0 Å². The quantitative estimate of drug-likeness (QED) is 0.586. The van der Waals surface area contributed by atoms with Crippen molar-refractivity contribution in [1.82, 2.24) is 9.78 Å². The molecule has 4 heteroatoms. The molecule has 4 bridgehead atoms. The van der Waals surface area contributed by atoms with Crippen LogP contribution in [0, 0.1) is 5.41 Å². The summed E-state index contributed by atoms with van der Waals surface area (Å²) in [5.74, 6) is 1.02. The summed E-state index contributed by atoms with van der Waals surface area (Å²) >= 11 is 0. The normalized spacial score (nSPS) is 18.9. The fraction of sp³-hybridized carbons (Fsp3) is 0.440. The minimum Gasteiger partial charge on any atom is -0.367 e. The first kappa shape index (κ1) is 18.6. The predicted molar refractivity (Wildman–Crippen MR) is 113 cm³/mol. The van der Waals surface area contributed by atoms with Crippen LogP contribution in [0.1, 0.15) is 54.9 Å². The van der Waals surface area contributed by atoms with Crippen LogP contribution in [0.15, 0.2) is 48.8 Å². The Kier molecular flexibility index (Phi) is 4.54. The van der Waals surface area contributed by atoms with Crippen LogP contribution in [-0.4, -0.2) is 16.4 Å². The second-order valence-electron chi connectivity index (χ2n) is 9.56. The first-order chi connectivity index (χ1) is 14.0. The van der Waals surface area contributed by atoms with Gasteiger partial charge in [0.2, 0.25) is 6.33 Å². The molecule has 29 heavy (non-hydrogen) atoms. The summed E-state index contributed by atoms with van der Waals surface area (Å²) in [6.45, 7) is 8.15. The van der Waals surface area contributed by atoms with E-state index in [1.54, 1.807) is 0 Å². The van der Waals surface area contributed by atoms with Gasteiger partial charge in [0.25, 0.3) is 0 Å². The molecular formula is C25H30N3O+. The average Bonchev–Trinajstić information content (AvgIpc) is 3.13. The topological polar surface area (TPSA) is 30.9 Å². The zero-order chi connectivity index (χ0) is 20.0. The zero-order valence-electron chi connectivity index (χ0n) is 17.7. The highest BCUT2D eigenvalue weighted by atomic mass is 16.5. The molecule has 0 unspecified atom stereocenters. The molecule has 5 aliphatic rings. The molecule has 0 radical (unpaired) electrons. The Morgan fingerprint density at radius 1 is 0.931 bits per heavy atom. The maximum absolute atomic E-state index is 5.88. The smallest absolute Gasteiger partial charge is 0.304 e. The third-order valence-corrected chi connectivity index (χ3v) is 6.40.